The van der Waals surface area contributed by atoms with Crippen LogP contribution in [-0.4, -0.2) is 112 Å². The molecule has 1 unspecified atom stereocenters. The monoisotopic (exact) mass is 660 g/mol. The fourth-order valence-electron chi connectivity index (χ4n) is 3.88. The topological polar surface area (TPSA) is 332 Å². The van der Waals surface area contributed by atoms with Crippen molar-refractivity contribution in [3.8, 4) is 0 Å². The van der Waals surface area contributed by atoms with Gasteiger partial charge in [0, 0.05) is 13.1 Å². The van der Waals surface area contributed by atoms with Gasteiger partial charge >= 0.3 is 27.3 Å². The number of nitrogen functional groups attached to an aromatic ring is 1. The van der Waals surface area contributed by atoms with Crippen LogP contribution in [0.3, 0.4) is 0 Å². The average molecular weight is 660 g/mol. The molecule has 0 aromatic carbocycles. The van der Waals surface area contributed by atoms with Crippen molar-refractivity contribution in [3.05, 3.63) is 46.6 Å². The number of amides is 1. The van der Waals surface area contributed by atoms with Crippen molar-refractivity contribution < 1.29 is 77.2 Å². The van der Waals surface area contributed by atoms with E-state index >= 15 is 0 Å². The zero-order valence-electron chi connectivity index (χ0n) is 22.0. The number of ether oxygens (including phenoxy) is 2. The van der Waals surface area contributed by atoms with E-state index in [0.29, 0.717) is 0 Å². The number of carbonyl (C=O) groups is 1. The van der Waals surface area contributed by atoms with E-state index in [2.05, 4.69) is 19.3 Å². The minimum Gasteiger partial charge on any atom is -0.478 e. The summed E-state index contributed by atoms with van der Waals surface area (Å²) in [4.78, 5) is 56.0. The Morgan fingerprint density at radius 2 is 1.88 bits per heavy atom. The largest absolute Gasteiger partial charge is 0.529 e. The third kappa shape index (κ3) is 9.05. The summed E-state index contributed by atoms with van der Waals surface area (Å²) in [6, 6.07) is 0.0170. The first-order chi connectivity index (χ1) is 19.9. The highest BCUT2D eigenvalue weighted by Gasteiger charge is 2.46. The van der Waals surface area contributed by atoms with Crippen molar-refractivity contribution in [2.75, 3.05) is 18.9 Å². The Morgan fingerprint density at radius 3 is 2.47 bits per heavy atom. The maximum Gasteiger partial charge on any atom is 0.529 e. The Bertz CT molecular complexity index is 1380. The number of allylic oxidation sites excluding steroid dienone is 1. The number of phosphoric acid groups is 2. The number of phosphoric ester groups is 2. The summed E-state index contributed by atoms with van der Waals surface area (Å²) < 4.78 is 49.6. The van der Waals surface area contributed by atoms with Gasteiger partial charge in [-0.05, 0) is 12.1 Å². The predicted molar refractivity (Wildman–Crippen MR) is 137 cm³/mol. The second-order valence-electron chi connectivity index (χ2n) is 9.09. The van der Waals surface area contributed by atoms with Gasteiger partial charge in [-0.3, -0.25) is 28.6 Å². The highest BCUT2D eigenvalue weighted by molar-refractivity contribution is 7.48. The fourth-order valence-corrected chi connectivity index (χ4v) is 5.01. The Labute approximate surface area is 241 Å². The summed E-state index contributed by atoms with van der Waals surface area (Å²) in [7, 11) is -11.0. The maximum absolute atomic E-state index is 12.7. The van der Waals surface area contributed by atoms with E-state index in [9.17, 15) is 58.9 Å². The number of aromatic nitrogens is 2. The number of hydrogen-bond acceptors (Lipinski definition) is 16. The van der Waals surface area contributed by atoms with Crippen LogP contribution in [0.5, 0.6) is 0 Å². The highest BCUT2D eigenvalue weighted by Crippen LogP contribution is 2.51. The van der Waals surface area contributed by atoms with Gasteiger partial charge in [-0.15, -0.1) is 0 Å². The summed E-state index contributed by atoms with van der Waals surface area (Å²) in [6.07, 6.45) is -8.94. The van der Waals surface area contributed by atoms with Gasteiger partial charge in [-0.25, -0.2) is 13.9 Å². The van der Waals surface area contributed by atoms with Crippen molar-refractivity contribution in [2.45, 2.75) is 55.8 Å². The molecule has 43 heavy (non-hydrogen) atoms. The summed E-state index contributed by atoms with van der Waals surface area (Å²) >= 11 is 0. The van der Waals surface area contributed by atoms with Crippen LogP contribution in [0, 0.1) is 0 Å². The fraction of sp³-hybridized carbons (Fsp3) is 0.550. The number of carbonyl (C=O) groups excluding carboxylic acids is 1. The average Bonchev–Trinajstić information content (AvgIpc) is 3.18. The van der Waals surface area contributed by atoms with Gasteiger partial charge in [0.25, 0.3) is 0 Å². The van der Waals surface area contributed by atoms with E-state index in [1.54, 1.807) is 0 Å². The number of nitrogens with two attached hydrogens (primary N) is 1. The third-order valence-electron chi connectivity index (χ3n) is 5.83. The lowest BCUT2D eigenvalue weighted by Gasteiger charge is -2.35. The van der Waals surface area contributed by atoms with Crippen LogP contribution in [0.4, 0.5) is 5.82 Å². The molecule has 1 aromatic rings. The first-order valence-corrected chi connectivity index (χ1v) is 15.1. The molecule has 242 valence electrons. The van der Waals surface area contributed by atoms with Crippen LogP contribution in [0.15, 0.2) is 40.9 Å². The van der Waals surface area contributed by atoms with E-state index in [1.807, 2.05) is 0 Å². The Morgan fingerprint density at radius 1 is 1.21 bits per heavy atom. The molecule has 0 saturated carbocycles. The molecular formula is C20H30N4O17P2. The van der Waals surface area contributed by atoms with Crippen LogP contribution in [-0.2, 0) is 37.0 Å². The van der Waals surface area contributed by atoms with E-state index in [4.69, 9.17) is 19.7 Å². The van der Waals surface area contributed by atoms with Crippen LogP contribution in [0.1, 0.15) is 13.2 Å². The molecule has 2 aliphatic heterocycles. The Kier molecular flexibility index (Phi) is 11.1. The van der Waals surface area contributed by atoms with Gasteiger partial charge in [0.1, 0.15) is 36.3 Å². The van der Waals surface area contributed by atoms with Crippen LogP contribution >= 0.6 is 15.6 Å². The molecule has 1 fully saturated rings. The number of aliphatic hydroxyl groups is 5. The number of anilines is 1. The minimum atomic E-state index is -5.54. The zero-order valence-corrected chi connectivity index (χ0v) is 23.7. The highest BCUT2D eigenvalue weighted by atomic mass is 31.2. The molecule has 3 rings (SSSR count). The van der Waals surface area contributed by atoms with Crippen molar-refractivity contribution in [1.29, 1.82) is 0 Å². The lowest BCUT2D eigenvalue weighted by Crippen LogP contribution is -2.53. The number of aliphatic hydroxyl groups excluding tert-OH is 5. The van der Waals surface area contributed by atoms with Crippen LogP contribution in [0.25, 0.3) is 0 Å². The SMILES string of the molecule is CC(=O)N[C@@H]1C=C/C(=C(/OP(=O)(O)O)OP(=O)(O)OC[C@H]2O[C@@H](n3ccc(N)nc3=O)[C@H](O)[C@@H]2O)O[C@H]1[C@H](O)[C@H](O)CO. The summed E-state index contributed by atoms with van der Waals surface area (Å²) in [6.45, 7) is -0.858. The van der Waals surface area contributed by atoms with Crippen molar-refractivity contribution >= 4 is 27.4 Å². The second kappa shape index (κ2) is 13.8. The molecule has 2 aliphatic rings. The molecule has 21 nitrogen and oxygen atoms in total. The van der Waals surface area contributed by atoms with Gasteiger partial charge in [0.15, 0.2) is 12.3 Å². The van der Waals surface area contributed by atoms with Gasteiger partial charge in [0.05, 0.1) is 19.3 Å². The molecule has 11 N–H and O–H groups in total. The standard InChI is InChI=1S/C20H30N4O17P2/c1-8(26)22-9-2-3-11(38-17(9)14(28)10(27)6-25)19(40-42(32,33)34)41-43(35,36)37-7-12-15(29)16(30)18(39-12)24-5-4-13(21)23-20(24)31/h2-5,9-10,12,14-18,25,27-30H,6-7H2,1H3,(H,22,26)(H,35,36)(H2,21,23,31)(H2,32,33,34)/b19-11+/t9-,10-,12-,14-,15-,16-,17-,18-/m1/s1. The quantitative estimate of drug-likeness (QED) is 0.0754. The summed E-state index contributed by atoms with van der Waals surface area (Å²) in [5, 5.41) is 52.4. The molecule has 9 atom stereocenters. The molecule has 23 heteroatoms. The molecule has 3 heterocycles. The molecule has 0 radical (unpaired) electrons. The number of rotatable bonds is 12. The lowest BCUT2D eigenvalue weighted by molar-refractivity contribution is -0.123. The van der Waals surface area contributed by atoms with Gasteiger partial charge < -0.3 is 55.1 Å². The Balaban J connectivity index is 1.82. The van der Waals surface area contributed by atoms with E-state index in [0.717, 1.165) is 29.8 Å². The van der Waals surface area contributed by atoms with E-state index < -0.39 is 101 Å². The number of nitrogens with one attached hydrogen (secondary N) is 1. The minimum absolute atomic E-state index is 0.136. The van der Waals surface area contributed by atoms with Crippen LogP contribution in [0.2, 0.25) is 0 Å². The van der Waals surface area contributed by atoms with Crippen molar-refractivity contribution in [1.82, 2.24) is 14.9 Å². The number of hydrogen-bond donors (Lipinski definition) is 10. The molecule has 0 bridgehead atoms. The van der Waals surface area contributed by atoms with Crippen molar-refractivity contribution in [3.63, 3.8) is 0 Å². The maximum atomic E-state index is 12.7. The lowest BCUT2D eigenvalue weighted by atomic mass is 9.98. The first kappa shape index (κ1) is 34.6. The zero-order chi connectivity index (χ0) is 32.3. The van der Waals surface area contributed by atoms with Gasteiger partial charge in [-0.2, -0.15) is 4.98 Å². The smallest absolute Gasteiger partial charge is 0.478 e. The summed E-state index contributed by atoms with van der Waals surface area (Å²) in [5.74, 6) is -3.04. The third-order valence-corrected chi connectivity index (χ3v) is 7.10. The normalized spacial score (nSPS) is 29.6. The molecule has 1 amide bonds. The van der Waals surface area contributed by atoms with Gasteiger partial charge in [0.2, 0.25) is 11.7 Å². The van der Waals surface area contributed by atoms with E-state index in [1.165, 1.54) is 6.07 Å². The molecule has 0 aliphatic carbocycles. The Hall–Kier alpha value is -2.91. The molecular weight excluding hydrogens is 630 g/mol. The summed E-state index contributed by atoms with van der Waals surface area (Å²) in [5.41, 5.74) is 4.47. The molecule has 1 saturated heterocycles. The molecule has 0 spiro atoms. The van der Waals surface area contributed by atoms with E-state index in [-0.39, 0.29) is 5.82 Å². The predicted octanol–water partition coefficient (Wildman–Crippen LogP) is -3.97. The molecule has 1 aromatic heterocycles. The van der Waals surface area contributed by atoms with Gasteiger partial charge in [-0.1, -0.05) is 6.08 Å². The van der Waals surface area contributed by atoms with Crippen molar-refractivity contribution in [2.24, 2.45) is 0 Å². The first-order valence-electron chi connectivity index (χ1n) is 12.0. The number of nitrogens with zero attached hydrogens (tertiary/aromatic N) is 2. The van der Waals surface area contributed by atoms with Crippen LogP contribution < -0.4 is 16.7 Å². The second-order valence-corrected chi connectivity index (χ2v) is 11.6.